The summed E-state index contributed by atoms with van der Waals surface area (Å²) in [5, 5.41) is 9.86. The highest BCUT2D eigenvalue weighted by atomic mass is 16.5. The first kappa shape index (κ1) is 18.6. The fourth-order valence-electron chi connectivity index (χ4n) is 5.11. The molecule has 1 aliphatic heterocycles. The van der Waals surface area contributed by atoms with Crippen molar-refractivity contribution in [2.45, 2.75) is 64.1 Å². The first-order valence-electron chi connectivity index (χ1n) is 10.1. The summed E-state index contributed by atoms with van der Waals surface area (Å²) in [6.45, 7) is 5.62. The smallest absolute Gasteiger partial charge is 0.225 e. The SMILES string of the molecule is COc1cccc(OC2CCC3(CC2)CN(C(=O)[C@H]2C[C@@](C)(O)C2)C3)c1C. The van der Waals surface area contributed by atoms with Crippen LogP contribution in [0.2, 0.25) is 0 Å². The second-order valence-electron chi connectivity index (χ2n) is 9.20. The van der Waals surface area contributed by atoms with Crippen LogP contribution in [0.15, 0.2) is 18.2 Å². The Hall–Kier alpha value is -1.75. The molecule has 4 rings (SSSR count). The van der Waals surface area contributed by atoms with E-state index in [0.29, 0.717) is 18.3 Å². The molecule has 1 spiro atoms. The van der Waals surface area contributed by atoms with E-state index >= 15 is 0 Å². The van der Waals surface area contributed by atoms with E-state index in [2.05, 4.69) is 0 Å². The summed E-state index contributed by atoms with van der Waals surface area (Å²) in [5.74, 6) is 2.06. The molecule has 3 aliphatic rings. The van der Waals surface area contributed by atoms with Gasteiger partial charge in [-0.15, -0.1) is 0 Å². The van der Waals surface area contributed by atoms with Gasteiger partial charge in [0.05, 0.1) is 18.8 Å². The Bertz CT molecular complexity index is 705. The summed E-state index contributed by atoms with van der Waals surface area (Å²) in [5.41, 5.74) is 0.721. The van der Waals surface area contributed by atoms with Gasteiger partial charge in [-0.25, -0.2) is 0 Å². The fourth-order valence-corrected chi connectivity index (χ4v) is 5.11. The van der Waals surface area contributed by atoms with E-state index in [1.807, 2.05) is 36.9 Å². The molecular formula is C22H31NO4. The van der Waals surface area contributed by atoms with Crippen molar-refractivity contribution in [3.8, 4) is 11.5 Å². The molecule has 5 heteroatoms. The molecule has 1 aromatic rings. The molecule has 0 unspecified atom stereocenters. The van der Waals surface area contributed by atoms with Crippen LogP contribution in [0.5, 0.6) is 11.5 Å². The van der Waals surface area contributed by atoms with Gasteiger partial charge in [-0.2, -0.15) is 0 Å². The highest BCUT2D eigenvalue weighted by molar-refractivity contribution is 5.81. The Morgan fingerprint density at radius 2 is 1.81 bits per heavy atom. The van der Waals surface area contributed by atoms with Gasteiger partial charge in [-0.1, -0.05) is 6.07 Å². The lowest BCUT2D eigenvalue weighted by Crippen LogP contribution is -2.63. The minimum atomic E-state index is -0.628. The van der Waals surface area contributed by atoms with E-state index in [4.69, 9.17) is 9.47 Å². The second-order valence-corrected chi connectivity index (χ2v) is 9.20. The van der Waals surface area contributed by atoms with Crippen molar-refractivity contribution in [1.82, 2.24) is 4.90 Å². The zero-order chi connectivity index (χ0) is 19.2. The number of hydrogen-bond donors (Lipinski definition) is 1. The fraction of sp³-hybridized carbons (Fsp3) is 0.682. The molecule has 5 nitrogen and oxygen atoms in total. The molecule has 1 amide bonds. The van der Waals surface area contributed by atoms with Gasteiger partial charge in [0.2, 0.25) is 5.91 Å². The first-order valence-corrected chi connectivity index (χ1v) is 10.1. The van der Waals surface area contributed by atoms with E-state index in [1.165, 1.54) is 0 Å². The van der Waals surface area contributed by atoms with Gasteiger partial charge < -0.3 is 19.5 Å². The third-order valence-corrected chi connectivity index (χ3v) is 6.83. The van der Waals surface area contributed by atoms with Crippen LogP contribution in [-0.2, 0) is 4.79 Å². The number of nitrogens with zero attached hydrogens (tertiary/aromatic N) is 1. The molecule has 0 aromatic heterocycles. The maximum atomic E-state index is 12.5. The van der Waals surface area contributed by atoms with E-state index in [1.54, 1.807) is 7.11 Å². The van der Waals surface area contributed by atoms with Gasteiger partial charge in [-0.05, 0) is 64.5 Å². The van der Waals surface area contributed by atoms with Crippen molar-refractivity contribution in [3.05, 3.63) is 23.8 Å². The third kappa shape index (κ3) is 3.54. The van der Waals surface area contributed by atoms with Crippen LogP contribution in [0.4, 0.5) is 0 Å². The van der Waals surface area contributed by atoms with Gasteiger partial charge in [0.25, 0.3) is 0 Å². The average Bonchev–Trinajstić information content (AvgIpc) is 2.59. The van der Waals surface area contributed by atoms with Crippen LogP contribution in [0.3, 0.4) is 0 Å². The minimum absolute atomic E-state index is 0.0352. The molecule has 1 saturated heterocycles. The van der Waals surface area contributed by atoms with Crippen LogP contribution in [0.1, 0.15) is 51.0 Å². The Labute approximate surface area is 161 Å². The Kier molecular flexibility index (Phi) is 4.61. The van der Waals surface area contributed by atoms with Crippen molar-refractivity contribution in [3.63, 3.8) is 0 Å². The number of carbonyl (C=O) groups is 1. The molecule has 0 bridgehead atoms. The van der Waals surface area contributed by atoms with E-state index in [-0.39, 0.29) is 17.9 Å². The average molecular weight is 373 g/mol. The van der Waals surface area contributed by atoms with Crippen molar-refractivity contribution in [2.24, 2.45) is 11.3 Å². The topological polar surface area (TPSA) is 59.0 Å². The number of aliphatic hydroxyl groups is 1. The van der Waals surface area contributed by atoms with E-state index < -0.39 is 5.60 Å². The van der Waals surface area contributed by atoms with E-state index in [9.17, 15) is 9.90 Å². The molecule has 2 saturated carbocycles. The molecule has 148 valence electrons. The predicted octanol–water partition coefficient (Wildman–Crippen LogP) is 3.31. The lowest BCUT2D eigenvalue weighted by atomic mass is 9.66. The maximum absolute atomic E-state index is 12.5. The Balaban J connectivity index is 1.26. The van der Waals surface area contributed by atoms with Crippen LogP contribution in [0.25, 0.3) is 0 Å². The predicted molar refractivity (Wildman–Crippen MR) is 103 cm³/mol. The van der Waals surface area contributed by atoms with Crippen molar-refractivity contribution in [1.29, 1.82) is 0 Å². The number of rotatable bonds is 4. The van der Waals surface area contributed by atoms with Gasteiger partial charge in [0.1, 0.15) is 11.5 Å². The number of ether oxygens (including phenoxy) is 2. The summed E-state index contributed by atoms with van der Waals surface area (Å²) in [6, 6.07) is 5.94. The normalized spacial score (nSPS) is 29.8. The zero-order valence-corrected chi connectivity index (χ0v) is 16.7. The Morgan fingerprint density at radius 3 is 2.41 bits per heavy atom. The number of likely N-dealkylation sites (tertiary alicyclic amines) is 1. The molecule has 1 heterocycles. The standard InChI is InChI=1S/C22H31NO4/c1-15-18(26-3)5-4-6-19(15)27-17-7-9-22(10-8-17)13-23(14-22)20(24)16-11-21(2,25)12-16/h4-6,16-17,25H,7-14H2,1-3H3/t16-,21+. The molecule has 0 atom stereocenters. The molecule has 1 N–H and O–H groups in total. The van der Waals surface area contributed by atoms with Crippen LogP contribution < -0.4 is 9.47 Å². The highest BCUT2D eigenvalue weighted by Gasteiger charge is 2.51. The quantitative estimate of drug-likeness (QED) is 0.880. The van der Waals surface area contributed by atoms with Crippen LogP contribution >= 0.6 is 0 Å². The lowest BCUT2D eigenvalue weighted by molar-refractivity contribution is -0.164. The van der Waals surface area contributed by atoms with Crippen LogP contribution in [0, 0.1) is 18.3 Å². The van der Waals surface area contributed by atoms with Crippen molar-refractivity contribution >= 4 is 5.91 Å². The lowest BCUT2D eigenvalue weighted by Gasteiger charge is -2.55. The molecule has 0 radical (unpaired) electrons. The Morgan fingerprint density at radius 1 is 1.19 bits per heavy atom. The van der Waals surface area contributed by atoms with Gasteiger partial charge >= 0.3 is 0 Å². The number of amides is 1. The van der Waals surface area contributed by atoms with Gasteiger partial charge in [0, 0.05) is 30.0 Å². The summed E-state index contributed by atoms with van der Waals surface area (Å²) in [4.78, 5) is 14.5. The molecule has 3 fully saturated rings. The van der Waals surface area contributed by atoms with Crippen molar-refractivity contribution < 1.29 is 19.4 Å². The number of methoxy groups -OCH3 is 1. The summed E-state index contributed by atoms with van der Waals surface area (Å²) in [7, 11) is 1.69. The number of carbonyl (C=O) groups excluding carboxylic acids is 1. The number of benzene rings is 1. The van der Waals surface area contributed by atoms with Gasteiger partial charge in [0.15, 0.2) is 0 Å². The first-order chi connectivity index (χ1) is 12.8. The molecule has 2 aliphatic carbocycles. The summed E-state index contributed by atoms with van der Waals surface area (Å²) in [6.07, 6.45) is 5.79. The van der Waals surface area contributed by atoms with Gasteiger partial charge in [-0.3, -0.25) is 4.79 Å². The maximum Gasteiger partial charge on any atom is 0.225 e. The minimum Gasteiger partial charge on any atom is -0.496 e. The van der Waals surface area contributed by atoms with E-state index in [0.717, 1.165) is 55.8 Å². The third-order valence-electron chi connectivity index (χ3n) is 6.83. The second kappa shape index (κ2) is 6.69. The summed E-state index contributed by atoms with van der Waals surface area (Å²) < 4.78 is 11.6. The largest absolute Gasteiger partial charge is 0.496 e. The molecule has 27 heavy (non-hydrogen) atoms. The molecule has 1 aromatic carbocycles. The monoisotopic (exact) mass is 373 g/mol. The van der Waals surface area contributed by atoms with Crippen LogP contribution in [-0.4, -0.2) is 47.8 Å². The zero-order valence-electron chi connectivity index (χ0n) is 16.7. The molecular weight excluding hydrogens is 342 g/mol. The number of hydrogen-bond acceptors (Lipinski definition) is 4. The highest BCUT2D eigenvalue weighted by Crippen LogP contribution is 2.47. The van der Waals surface area contributed by atoms with Crippen molar-refractivity contribution in [2.75, 3.05) is 20.2 Å². The summed E-state index contributed by atoms with van der Waals surface area (Å²) >= 11 is 0.